The molecule has 0 atom stereocenters. The van der Waals surface area contributed by atoms with Gasteiger partial charge in [-0.2, -0.15) is 8.42 Å². The molecular formula is C9H10F3NO4S. The van der Waals surface area contributed by atoms with Gasteiger partial charge in [-0.3, -0.25) is 0 Å². The fraction of sp³-hybridized carbons (Fsp3) is 0.333. The van der Waals surface area contributed by atoms with Gasteiger partial charge < -0.3 is 14.7 Å². The minimum absolute atomic E-state index is 0.0205. The van der Waals surface area contributed by atoms with Crippen LogP contribution in [0.2, 0.25) is 0 Å². The quantitative estimate of drug-likeness (QED) is 0.846. The summed E-state index contributed by atoms with van der Waals surface area (Å²) in [5.74, 6) is -1.30. The van der Waals surface area contributed by atoms with E-state index in [9.17, 15) is 21.6 Å². The standard InChI is InChI=1S/C9H10F3NO4S/c1-18(14,15)17-7-3-2-6(5-13)4-8(7)16-9(10,11)12/h2-4H,5,13H2,1H3. The van der Waals surface area contributed by atoms with Gasteiger partial charge in [0, 0.05) is 6.54 Å². The Labute approximate surface area is 101 Å². The molecular weight excluding hydrogens is 275 g/mol. The van der Waals surface area contributed by atoms with Crippen LogP contribution in [0.5, 0.6) is 11.5 Å². The third kappa shape index (κ3) is 4.80. The van der Waals surface area contributed by atoms with E-state index >= 15 is 0 Å². The third-order valence-electron chi connectivity index (χ3n) is 1.71. The Balaban J connectivity index is 3.16. The van der Waals surface area contributed by atoms with Crippen molar-refractivity contribution in [2.24, 2.45) is 5.73 Å². The maximum absolute atomic E-state index is 12.1. The molecule has 0 heterocycles. The highest BCUT2D eigenvalue weighted by Gasteiger charge is 2.33. The van der Waals surface area contributed by atoms with Gasteiger partial charge in [-0.25, -0.2) is 0 Å². The lowest BCUT2D eigenvalue weighted by molar-refractivity contribution is -0.275. The third-order valence-corrected chi connectivity index (χ3v) is 2.19. The first-order valence-electron chi connectivity index (χ1n) is 4.59. The van der Waals surface area contributed by atoms with Crippen LogP contribution < -0.4 is 14.7 Å². The number of alkyl halides is 3. The van der Waals surface area contributed by atoms with Crippen LogP contribution in [0.1, 0.15) is 5.56 Å². The number of hydrogen-bond donors (Lipinski definition) is 1. The topological polar surface area (TPSA) is 78.6 Å². The summed E-state index contributed by atoms with van der Waals surface area (Å²) in [6.45, 7) is -0.0205. The molecule has 2 N–H and O–H groups in total. The summed E-state index contributed by atoms with van der Waals surface area (Å²) in [4.78, 5) is 0. The van der Waals surface area contributed by atoms with Crippen molar-refractivity contribution >= 4 is 10.1 Å². The van der Waals surface area contributed by atoms with E-state index in [-0.39, 0.29) is 6.54 Å². The Kier molecular flexibility index (Phi) is 4.07. The molecule has 18 heavy (non-hydrogen) atoms. The predicted octanol–water partition coefficient (Wildman–Crippen LogP) is 1.38. The number of halogens is 3. The van der Waals surface area contributed by atoms with E-state index in [1.807, 2.05) is 0 Å². The van der Waals surface area contributed by atoms with E-state index in [0.29, 0.717) is 11.8 Å². The monoisotopic (exact) mass is 285 g/mol. The molecule has 0 aromatic heterocycles. The van der Waals surface area contributed by atoms with Gasteiger partial charge in [-0.1, -0.05) is 6.07 Å². The maximum atomic E-state index is 12.1. The molecule has 9 heteroatoms. The van der Waals surface area contributed by atoms with Gasteiger partial charge in [0.05, 0.1) is 6.26 Å². The van der Waals surface area contributed by atoms with Crippen molar-refractivity contribution in [3.8, 4) is 11.5 Å². The van der Waals surface area contributed by atoms with Gasteiger partial charge in [0.25, 0.3) is 0 Å². The molecule has 1 aromatic carbocycles. The van der Waals surface area contributed by atoms with E-state index in [4.69, 9.17) is 5.73 Å². The molecule has 0 saturated heterocycles. The summed E-state index contributed by atoms with van der Waals surface area (Å²) in [7, 11) is -3.95. The summed E-state index contributed by atoms with van der Waals surface area (Å²) >= 11 is 0. The second kappa shape index (κ2) is 5.02. The van der Waals surface area contributed by atoms with Gasteiger partial charge in [0.2, 0.25) is 0 Å². The summed E-state index contributed by atoms with van der Waals surface area (Å²) in [6.07, 6.45) is -4.25. The fourth-order valence-electron chi connectivity index (χ4n) is 1.12. The molecule has 102 valence electrons. The molecule has 0 fully saturated rings. The highest BCUT2D eigenvalue weighted by Crippen LogP contribution is 2.33. The van der Waals surface area contributed by atoms with E-state index in [0.717, 1.165) is 12.1 Å². The Morgan fingerprint density at radius 1 is 1.28 bits per heavy atom. The van der Waals surface area contributed by atoms with Crippen molar-refractivity contribution in [1.29, 1.82) is 0 Å². The van der Waals surface area contributed by atoms with Crippen LogP contribution in [-0.4, -0.2) is 21.0 Å². The summed E-state index contributed by atoms with van der Waals surface area (Å²) in [6, 6.07) is 3.35. The van der Waals surface area contributed by atoms with Gasteiger partial charge in [-0.05, 0) is 17.7 Å². The van der Waals surface area contributed by atoms with Crippen LogP contribution in [0.4, 0.5) is 13.2 Å². The minimum Gasteiger partial charge on any atom is -0.402 e. The van der Waals surface area contributed by atoms with Crippen LogP contribution >= 0.6 is 0 Å². The van der Waals surface area contributed by atoms with E-state index in [1.165, 1.54) is 6.07 Å². The number of ether oxygens (including phenoxy) is 1. The number of benzene rings is 1. The molecule has 0 aliphatic carbocycles. The SMILES string of the molecule is CS(=O)(=O)Oc1ccc(CN)cc1OC(F)(F)F. The highest BCUT2D eigenvalue weighted by molar-refractivity contribution is 7.86. The van der Waals surface area contributed by atoms with E-state index in [2.05, 4.69) is 8.92 Å². The predicted molar refractivity (Wildman–Crippen MR) is 56.5 cm³/mol. The van der Waals surface area contributed by atoms with E-state index in [1.54, 1.807) is 0 Å². The second-order valence-corrected chi connectivity index (χ2v) is 4.90. The lowest BCUT2D eigenvalue weighted by Crippen LogP contribution is -2.18. The van der Waals surface area contributed by atoms with Crippen LogP contribution in [0.25, 0.3) is 0 Å². The summed E-state index contributed by atoms with van der Waals surface area (Å²) in [5, 5.41) is 0. The first-order valence-corrected chi connectivity index (χ1v) is 6.40. The number of rotatable bonds is 4. The second-order valence-electron chi connectivity index (χ2n) is 3.32. The van der Waals surface area contributed by atoms with Crippen molar-refractivity contribution in [3.05, 3.63) is 23.8 Å². The lowest BCUT2D eigenvalue weighted by atomic mass is 10.2. The van der Waals surface area contributed by atoms with Gasteiger partial charge >= 0.3 is 16.5 Å². The molecule has 0 saturated carbocycles. The van der Waals surface area contributed by atoms with Gasteiger partial charge in [0.1, 0.15) is 0 Å². The zero-order valence-electron chi connectivity index (χ0n) is 9.19. The van der Waals surface area contributed by atoms with Crippen molar-refractivity contribution in [2.45, 2.75) is 12.9 Å². The van der Waals surface area contributed by atoms with Crippen molar-refractivity contribution in [1.82, 2.24) is 0 Å². The molecule has 0 amide bonds. The van der Waals surface area contributed by atoms with Crippen LogP contribution in [0.3, 0.4) is 0 Å². The lowest BCUT2D eigenvalue weighted by Gasteiger charge is -2.13. The van der Waals surface area contributed by atoms with Gasteiger partial charge in [0.15, 0.2) is 11.5 Å². The molecule has 0 unspecified atom stereocenters. The Morgan fingerprint density at radius 2 is 1.89 bits per heavy atom. The first-order chi connectivity index (χ1) is 8.11. The summed E-state index contributed by atoms with van der Waals surface area (Å²) in [5.41, 5.74) is 5.61. The Bertz CT molecular complexity index is 527. The number of nitrogens with two attached hydrogens (primary N) is 1. The fourth-order valence-corrected chi connectivity index (χ4v) is 1.58. The molecule has 1 rings (SSSR count). The highest BCUT2D eigenvalue weighted by atomic mass is 32.2. The maximum Gasteiger partial charge on any atom is 0.573 e. The largest absolute Gasteiger partial charge is 0.573 e. The van der Waals surface area contributed by atoms with Crippen molar-refractivity contribution in [2.75, 3.05) is 6.26 Å². The molecule has 0 radical (unpaired) electrons. The van der Waals surface area contributed by atoms with Crippen LogP contribution in [0, 0.1) is 0 Å². The van der Waals surface area contributed by atoms with Crippen LogP contribution in [-0.2, 0) is 16.7 Å². The average Bonchev–Trinajstić information content (AvgIpc) is 2.16. The minimum atomic E-state index is -4.96. The molecule has 0 bridgehead atoms. The molecule has 0 aliphatic rings. The molecule has 0 aliphatic heterocycles. The van der Waals surface area contributed by atoms with Gasteiger partial charge in [-0.15, -0.1) is 13.2 Å². The first kappa shape index (κ1) is 14.6. The Hall–Kier alpha value is -1.48. The normalized spacial score (nSPS) is 12.3. The molecule has 1 aromatic rings. The average molecular weight is 285 g/mol. The number of hydrogen-bond acceptors (Lipinski definition) is 5. The van der Waals surface area contributed by atoms with Crippen LogP contribution in [0.15, 0.2) is 18.2 Å². The summed E-state index contributed by atoms with van der Waals surface area (Å²) < 4.78 is 66.2. The molecule has 0 spiro atoms. The zero-order chi connectivity index (χ0) is 14.0. The Morgan fingerprint density at radius 3 is 2.33 bits per heavy atom. The zero-order valence-corrected chi connectivity index (χ0v) is 10.0. The van der Waals surface area contributed by atoms with Crippen molar-refractivity contribution < 1.29 is 30.5 Å². The van der Waals surface area contributed by atoms with Crippen molar-refractivity contribution in [3.63, 3.8) is 0 Å². The van der Waals surface area contributed by atoms with E-state index < -0.39 is 28.0 Å². The molecule has 5 nitrogen and oxygen atoms in total. The smallest absolute Gasteiger partial charge is 0.402 e.